The third-order valence-corrected chi connectivity index (χ3v) is 3.98. The Morgan fingerprint density at radius 3 is 2.12 bits per heavy atom. The summed E-state index contributed by atoms with van der Waals surface area (Å²) in [5, 5.41) is 10.6. The van der Waals surface area contributed by atoms with E-state index in [1.54, 1.807) is 0 Å². The lowest BCUT2D eigenvalue weighted by molar-refractivity contribution is -0.384. The van der Waals surface area contributed by atoms with Crippen molar-refractivity contribution in [1.82, 2.24) is 0 Å². The van der Waals surface area contributed by atoms with Crippen LogP contribution in [0.4, 0.5) is 5.69 Å². The number of ether oxygens (including phenoxy) is 3. The van der Waals surface area contributed by atoms with E-state index in [1.165, 1.54) is 50.6 Å². The number of nitro groups is 1. The lowest BCUT2D eigenvalue weighted by Crippen LogP contribution is -2.06. The zero-order valence-electron chi connectivity index (χ0n) is 12.9. The smallest absolute Gasteiger partial charge is 0.338 e. The van der Waals surface area contributed by atoms with Crippen LogP contribution < -0.4 is 9.47 Å². The summed E-state index contributed by atoms with van der Waals surface area (Å²) < 4.78 is 16.2. The molecule has 0 aromatic heterocycles. The topological polar surface area (TPSA) is 87.9 Å². The molecular weight excluding hydrogens is 382 g/mol. The summed E-state index contributed by atoms with van der Waals surface area (Å²) in [6.45, 7) is -0.00246. The van der Waals surface area contributed by atoms with Gasteiger partial charge in [0, 0.05) is 12.1 Å². The Morgan fingerprint density at radius 1 is 1.12 bits per heavy atom. The molecule has 7 nitrogen and oxygen atoms in total. The number of carbonyl (C=O) groups is 1. The minimum Gasteiger partial charge on any atom is -0.495 e. The van der Waals surface area contributed by atoms with Crippen molar-refractivity contribution in [1.29, 1.82) is 0 Å². The van der Waals surface area contributed by atoms with E-state index in [0.717, 1.165) is 0 Å². The fraction of sp³-hybridized carbons (Fsp3) is 0.188. The second kappa shape index (κ2) is 7.78. The molecule has 0 aliphatic heterocycles. The number of rotatable bonds is 6. The van der Waals surface area contributed by atoms with Crippen LogP contribution in [0.15, 0.2) is 40.9 Å². The summed E-state index contributed by atoms with van der Waals surface area (Å²) in [6, 6.07) is 8.85. The molecule has 8 heteroatoms. The van der Waals surface area contributed by atoms with Gasteiger partial charge in [0.25, 0.3) is 5.69 Å². The van der Waals surface area contributed by atoms with Gasteiger partial charge in [0.1, 0.15) is 22.6 Å². The Balaban J connectivity index is 2.11. The fourth-order valence-corrected chi connectivity index (χ4v) is 2.49. The summed E-state index contributed by atoms with van der Waals surface area (Å²) in [5.41, 5.74) is 0.895. The van der Waals surface area contributed by atoms with E-state index in [4.69, 9.17) is 14.2 Å². The second-order valence-corrected chi connectivity index (χ2v) is 5.49. The molecule has 0 spiro atoms. The van der Waals surface area contributed by atoms with Crippen LogP contribution in [0.1, 0.15) is 15.9 Å². The number of benzene rings is 2. The summed E-state index contributed by atoms with van der Waals surface area (Å²) in [6.07, 6.45) is 0. The Kier molecular flexibility index (Phi) is 5.75. The van der Waals surface area contributed by atoms with Gasteiger partial charge in [-0.05, 0) is 45.8 Å². The van der Waals surface area contributed by atoms with Gasteiger partial charge in [0.15, 0.2) is 0 Å². The minimum absolute atomic E-state index is 0.00246. The van der Waals surface area contributed by atoms with Gasteiger partial charge in [-0.1, -0.05) is 0 Å². The molecule has 2 aromatic carbocycles. The Morgan fingerprint density at radius 2 is 1.67 bits per heavy atom. The predicted molar refractivity (Wildman–Crippen MR) is 89.5 cm³/mol. The molecule has 0 heterocycles. The second-order valence-electron chi connectivity index (χ2n) is 4.69. The number of hydrogen-bond acceptors (Lipinski definition) is 6. The first kappa shape index (κ1) is 17.7. The zero-order chi connectivity index (χ0) is 17.7. The van der Waals surface area contributed by atoms with Crippen molar-refractivity contribution in [3.63, 3.8) is 0 Å². The molecule has 0 aliphatic carbocycles. The first-order valence-electron chi connectivity index (χ1n) is 6.78. The zero-order valence-corrected chi connectivity index (χ0v) is 14.5. The number of non-ortho nitro benzene ring substituents is 1. The summed E-state index contributed by atoms with van der Waals surface area (Å²) >= 11 is 3.32. The van der Waals surface area contributed by atoms with Crippen LogP contribution in [0.5, 0.6) is 11.5 Å². The highest BCUT2D eigenvalue weighted by molar-refractivity contribution is 9.10. The maximum absolute atomic E-state index is 12.2. The van der Waals surface area contributed by atoms with Crippen LogP contribution in [0.3, 0.4) is 0 Å². The van der Waals surface area contributed by atoms with E-state index in [0.29, 0.717) is 21.5 Å². The molecule has 2 rings (SSSR count). The first-order chi connectivity index (χ1) is 11.5. The van der Waals surface area contributed by atoms with Gasteiger partial charge >= 0.3 is 5.97 Å². The number of hydrogen-bond donors (Lipinski definition) is 0. The number of halogens is 1. The average Bonchev–Trinajstić information content (AvgIpc) is 2.60. The van der Waals surface area contributed by atoms with Crippen molar-refractivity contribution in [2.75, 3.05) is 14.2 Å². The molecule has 0 aliphatic rings. The SMILES string of the molecule is COc1cc(C(=O)OCc2ccc([N+](=O)[O-])cc2)cc(OC)c1Br. The molecule has 0 radical (unpaired) electrons. The molecule has 0 N–H and O–H groups in total. The standard InChI is InChI=1S/C16H14BrNO6/c1-22-13-7-11(8-14(23-2)15(13)17)16(19)24-9-10-3-5-12(6-4-10)18(20)21/h3-8H,9H2,1-2H3. The van der Waals surface area contributed by atoms with Gasteiger partial charge in [-0.25, -0.2) is 4.79 Å². The Labute approximate surface area is 146 Å². The van der Waals surface area contributed by atoms with Crippen LogP contribution in [0.25, 0.3) is 0 Å². The third-order valence-electron chi connectivity index (χ3n) is 3.20. The van der Waals surface area contributed by atoms with Crippen molar-refractivity contribution in [3.8, 4) is 11.5 Å². The summed E-state index contributed by atoms with van der Waals surface area (Å²) in [7, 11) is 2.96. The normalized spacial score (nSPS) is 10.1. The van der Waals surface area contributed by atoms with Gasteiger partial charge in [0.05, 0.1) is 24.7 Å². The lowest BCUT2D eigenvalue weighted by atomic mass is 10.2. The molecule has 0 amide bonds. The molecule has 0 unspecified atom stereocenters. The quantitative estimate of drug-likeness (QED) is 0.420. The molecule has 0 atom stereocenters. The number of carbonyl (C=O) groups excluding carboxylic acids is 1. The Bertz CT molecular complexity index is 735. The minimum atomic E-state index is -0.558. The molecule has 0 bridgehead atoms. The number of nitrogens with zero attached hydrogens (tertiary/aromatic N) is 1. The third kappa shape index (κ3) is 4.02. The van der Waals surface area contributed by atoms with Crippen LogP contribution >= 0.6 is 15.9 Å². The number of nitro benzene ring substituents is 1. The average molecular weight is 396 g/mol. The highest BCUT2D eigenvalue weighted by Crippen LogP contribution is 2.35. The monoisotopic (exact) mass is 395 g/mol. The van der Waals surface area contributed by atoms with E-state index in [9.17, 15) is 14.9 Å². The molecule has 126 valence electrons. The van der Waals surface area contributed by atoms with E-state index in [-0.39, 0.29) is 17.9 Å². The number of esters is 1. The van der Waals surface area contributed by atoms with E-state index in [1.807, 2.05) is 0 Å². The van der Waals surface area contributed by atoms with Crippen molar-refractivity contribution in [2.45, 2.75) is 6.61 Å². The van der Waals surface area contributed by atoms with Gasteiger partial charge in [0.2, 0.25) is 0 Å². The molecular formula is C16H14BrNO6. The summed E-state index contributed by atoms with van der Waals surface area (Å²) in [5.74, 6) is 0.325. The van der Waals surface area contributed by atoms with Crippen LogP contribution in [0.2, 0.25) is 0 Å². The van der Waals surface area contributed by atoms with E-state index in [2.05, 4.69) is 15.9 Å². The Hall–Kier alpha value is -2.61. The first-order valence-corrected chi connectivity index (χ1v) is 7.57. The van der Waals surface area contributed by atoms with Gasteiger partial charge in [-0.3, -0.25) is 10.1 Å². The largest absolute Gasteiger partial charge is 0.495 e. The molecule has 0 fully saturated rings. The van der Waals surface area contributed by atoms with Crippen molar-refractivity contribution in [2.24, 2.45) is 0 Å². The maximum Gasteiger partial charge on any atom is 0.338 e. The highest BCUT2D eigenvalue weighted by Gasteiger charge is 2.16. The fourth-order valence-electron chi connectivity index (χ4n) is 1.93. The molecule has 0 saturated carbocycles. The van der Waals surface area contributed by atoms with Crippen molar-refractivity contribution in [3.05, 3.63) is 62.1 Å². The predicted octanol–water partition coefficient (Wildman–Crippen LogP) is 3.73. The van der Waals surface area contributed by atoms with Gasteiger partial charge in [-0.2, -0.15) is 0 Å². The maximum atomic E-state index is 12.2. The molecule has 24 heavy (non-hydrogen) atoms. The van der Waals surface area contributed by atoms with E-state index >= 15 is 0 Å². The molecule has 0 saturated heterocycles. The van der Waals surface area contributed by atoms with Gasteiger partial charge < -0.3 is 14.2 Å². The summed E-state index contributed by atoms with van der Waals surface area (Å²) in [4.78, 5) is 22.3. The van der Waals surface area contributed by atoms with Crippen LogP contribution in [-0.2, 0) is 11.3 Å². The van der Waals surface area contributed by atoms with E-state index < -0.39 is 10.9 Å². The van der Waals surface area contributed by atoms with Gasteiger partial charge in [-0.15, -0.1) is 0 Å². The van der Waals surface area contributed by atoms with Crippen LogP contribution in [-0.4, -0.2) is 25.1 Å². The van der Waals surface area contributed by atoms with Crippen molar-refractivity contribution >= 4 is 27.6 Å². The lowest BCUT2D eigenvalue weighted by Gasteiger charge is -2.11. The highest BCUT2D eigenvalue weighted by atomic mass is 79.9. The number of methoxy groups -OCH3 is 2. The van der Waals surface area contributed by atoms with Crippen LogP contribution in [0, 0.1) is 10.1 Å². The van der Waals surface area contributed by atoms with Crippen molar-refractivity contribution < 1.29 is 23.9 Å². The molecule has 2 aromatic rings.